The van der Waals surface area contributed by atoms with Crippen molar-refractivity contribution in [2.75, 3.05) is 0 Å². The van der Waals surface area contributed by atoms with E-state index in [4.69, 9.17) is 0 Å². The maximum absolute atomic E-state index is 10.3. The fraction of sp³-hybridized carbons (Fsp3) is 0.200. The summed E-state index contributed by atoms with van der Waals surface area (Å²) in [4.78, 5) is 0. The minimum absolute atomic E-state index is 0.0947. The van der Waals surface area contributed by atoms with E-state index in [1.165, 1.54) is 24.3 Å². The Morgan fingerprint density at radius 3 is 1.47 bits per heavy atom. The molecule has 0 aliphatic carbocycles. The van der Waals surface area contributed by atoms with E-state index in [2.05, 4.69) is 0 Å². The van der Waals surface area contributed by atoms with Gasteiger partial charge in [-0.2, -0.15) is 0 Å². The first-order valence-electron chi connectivity index (χ1n) is 12.1. The molecule has 0 aliphatic rings. The number of aryl methyl sites for hydroxylation is 1. The Kier molecular flexibility index (Phi) is 7.71. The lowest BCUT2D eigenvalue weighted by atomic mass is 9.75. The highest BCUT2D eigenvalue weighted by molar-refractivity contribution is 5.53. The number of hydrogen-bond acceptors (Lipinski definition) is 8. The van der Waals surface area contributed by atoms with Crippen LogP contribution in [0.4, 0.5) is 0 Å². The second-order valence-corrected chi connectivity index (χ2v) is 9.54. The molecule has 0 saturated heterocycles. The number of phenolic OH excluding ortho intramolecular Hbond substituents is 8. The highest BCUT2D eigenvalue weighted by Crippen LogP contribution is 2.43. The number of rotatable bonds is 9. The first-order chi connectivity index (χ1) is 18.1. The summed E-state index contributed by atoms with van der Waals surface area (Å²) in [5.74, 6) is -3.33. The monoisotopic (exact) mass is 518 g/mol. The van der Waals surface area contributed by atoms with E-state index in [0.717, 1.165) is 11.1 Å². The van der Waals surface area contributed by atoms with Gasteiger partial charge in [-0.25, -0.2) is 0 Å². The molecule has 38 heavy (non-hydrogen) atoms. The van der Waals surface area contributed by atoms with Crippen molar-refractivity contribution < 1.29 is 40.9 Å². The Morgan fingerprint density at radius 1 is 0.500 bits per heavy atom. The van der Waals surface area contributed by atoms with Crippen LogP contribution < -0.4 is 0 Å². The normalized spacial score (nSPS) is 12.7. The summed E-state index contributed by atoms with van der Waals surface area (Å²) in [5.41, 5.74) is 2.80. The van der Waals surface area contributed by atoms with Gasteiger partial charge in [0.1, 0.15) is 11.5 Å². The lowest BCUT2D eigenvalue weighted by Crippen LogP contribution is -2.19. The molecule has 0 aromatic heterocycles. The fourth-order valence-corrected chi connectivity index (χ4v) is 4.92. The maximum Gasteiger partial charge on any atom is 0.200 e. The molecular weight excluding hydrogens is 488 g/mol. The summed E-state index contributed by atoms with van der Waals surface area (Å²) in [5, 5.41) is 80.2. The van der Waals surface area contributed by atoms with Crippen molar-refractivity contribution in [2.45, 2.75) is 31.6 Å². The van der Waals surface area contributed by atoms with Crippen molar-refractivity contribution in [3.05, 3.63) is 95.1 Å². The van der Waals surface area contributed by atoms with Crippen LogP contribution in [0.3, 0.4) is 0 Å². The molecule has 4 aromatic rings. The Morgan fingerprint density at radius 2 is 0.974 bits per heavy atom. The van der Waals surface area contributed by atoms with Crippen molar-refractivity contribution in [2.24, 2.45) is 5.92 Å². The summed E-state index contributed by atoms with van der Waals surface area (Å²) in [6, 6.07) is 19.2. The number of phenols is 8. The van der Waals surface area contributed by atoms with E-state index >= 15 is 0 Å². The van der Waals surface area contributed by atoms with Crippen LogP contribution in [0.1, 0.15) is 34.6 Å². The zero-order valence-corrected chi connectivity index (χ0v) is 20.5. The smallest absolute Gasteiger partial charge is 0.200 e. The Labute approximate surface area is 219 Å². The summed E-state index contributed by atoms with van der Waals surface area (Å²) in [6.45, 7) is 0. The molecule has 0 amide bonds. The first kappa shape index (κ1) is 26.3. The third-order valence-electron chi connectivity index (χ3n) is 6.80. The third-order valence-corrected chi connectivity index (χ3v) is 6.80. The predicted molar refractivity (Wildman–Crippen MR) is 141 cm³/mol. The maximum atomic E-state index is 10.3. The molecule has 198 valence electrons. The van der Waals surface area contributed by atoms with E-state index in [0.29, 0.717) is 36.8 Å². The molecule has 0 fully saturated rings. The fourth-order valence-electron chi connectivity index (χ4n) is 4.92. The van der Waals surface area contributed by atoms with Crippen LogP contribution in [0, 0.1) is 5.92 Å². The van der Waals surface area contributed by atoms with Crippen LogP contribution in [-0.4, -0.2) is 40.9 Å². The summed E-state index contributed by atoms with van der Waals surface area (Å²) < 4.78 is 0. The molecule has 8 heteroatoms. The molecule has 2 atom stereocenters. The van der Waals surface area contributed by atoms with Crippen molar-refractivity contribution in [3.63, 3.8) is 0 Å². The van der Waals surface area contributed by atoms with E-state index in [9.17, 15) is 40.9 Å². The molecule has 0 bridgehead atoms. The van der Waals surface area contributed by atoms with Gasteiger partial charge in [0.15, 0.2) is 34.5 Å². The van der Waals surface area contributed by atoms with Crippen molar-refractivity contribution >= 4 is 0 Å². The third kappa shape index (κ3) is 6.15. The lowest BCUT2D eigenvalue weighted by Gasteiger charge is -2.29. The summed E-state index contributed by atoms with van der Waals surface area (Å²) in [7, 11) is 0. The minimum Gasteiger partial charge on any atom is -0.508 e. The predicted octanol–water partition coefficient (Wildman–Crippen LogP) is 5.15. The van der Waals surface area contributed by atoms with Crippen LogP contribution >= 0.6 is 0 Å². The van der Waals surface area contributed by atoms with Gasteiger partial charge in [0.25, 0.3) is 0 Å². The summed E-state index contributed by atoms with van der Waals surface area (Å²) in [6.07, 6.45) is 1.80. The molecule has 8 nitrogen and oxygen atoms in total. The largest absolute Gasteiger partial charge is 0.508 e. The van der Waals surface area contributed by atoms with Crippen LogP contribution in [0.15, 0.2) is 72.8 Å². The molecule has 4 rings (SSSR count). The van der Waals surface area contributed by atoms with Crippen LogP contribution in [0.5, 0.6) is 46.0 Å². The Hall–Kier alpha value is -4.72. The Bertz CT molecular complexity index is 1390. The molecule has 0 aliphatic heterocycles. The van der Waals surface area contributed by atoms with E-state index in [1.54, 1.807) is 36.4 Å². The van der Waals surface area contributed by atoms with Gasteiger partial charge < -0.3 is 40.9 Å². The van der Waals surface area contributed by atoms with Crippen molar-refractivity contribution in [3.8, 4) is 46.0 Å². The van der Waals surface area contributed by atoms with Gasteiger partial charge in [0, 0.05) is 0 Å². The van der Waals surface area contributed by atoms with E-state index in [-0.39, 0.29) is 23.3 Å². The minimum atomic E-state index is -0.621. The lowest BCUT2D eigenvalue weighted by molar-refractivity contribution is 0.357. The number of aromatic hydroxyl groups is 8. The number of hydrogen-bond donors (Lipinski definition) is 8. The molecule has 0 radical (unpaired) electrons. The van der Waals surface area contributed by atoms with Gasteiger partial charge in [-0.3, -0.25) is 0 Å². The molecule has 0 saturated carbocycles. The topological polar surface area (TPSA) is 162 Å². The molecule has 8 N–H and O–H groups in total. The average molecular weight is 519 g/mol. The second kappa shape index (κ2) is 11.1. The van der Waals surface area contributed by atoms with Crippen LogP contribution in [-0.2, 0) is 19.3 Å². The van der Waals surface area contributed by atoms with Crippen molar-refractivity contribution in [1.82, 2.24) is 0 Å². The standard InChI is InChI=1S/C30H30O8/c31-22-5-1-3-17(10-22)9-20(8-7-19-13-25(33)29(37)26(34)14-19)24(12-18-4-2-6-23(32)11-18)21-15-27(35)30(38)28(36)16-21/h1-6,10-11,13-16,20,24,31-38H,7-9,12H2/t20-,24-/m1/s1. The zero-order chi connectivity index (χ0) is 27.4. The van der Waals surface area contributed by atoms with Gasteiger partial charge in [-0.15, -0.1) is 0 Å². The average Bonchev–Trinajstić information content (AvgIpc) is 2.86. The van der Waals surface area contributed by atoms with E-state index < -0.39 is 34.5 Å². The van der Waals surface area contributed by atoms with Crippen molar-refractivity contribution in [1.29, 1.82) is 0 Å². The highest BCUT2D eigenvalue weighted by atomic mass is 16.3. The molecule has 0 unspecified atom stereocenters. The SMILES string of the molecule is Oc1cccc(C[C@@H](CCc2cc(O)c(O)c(O)c2)[C@@H](Cc2cccc(O)c2)c2cc(O)c(O)c(O)c2)c1. The van der Waals surface area contributed by atoms with Gasteiger partial charge >= 0.3 is 0 Å². The molecule has 0 heterocycles. The Balaban J connectivity index is 1.76. The second-order valence-electron chi connectivity index (χ2n) is 9.54. The molecule has 4 aromatic carbocycles. The van der Waals surface area contributed by atoms with Gasteiger partial charge in [-0.1, -0.05) is 24.3 Å². The van der Waals surface area contributed by atoms with Gasteiger partial charge in [0.05, 0.1) is 0 Å². The quantitative estimate of drug-likeness (QED) is 0.141. The van der Waals surface area contributed by atoms with Gasteiger partial charge in [-0.05, 0) is 108 Å². The zero-order valence-electron chi connectivity index (χ0n) is 20.5. The van der Waals surface area contributed by atoms with Gasteiger partial charge in [0.2, 0.25) is 0 Å². The van der Waals surface area contributed by atoms with Crippen LogP contribution in [0.25, 0.3) is 0 Å². The van der Waals surface area contributed by atoms with Crippen LogP contribution in [0.2, 0.25) is 0 Å². The summed E-state index contributed by atoms with van der Waals surface area (Å²) >= 11 is 0. The first-order valence-corrected chi connectivity index (χ1v) is 12.1. The highest BCUT2D eigenvalue weighted by Gasteiger charge is 2.27. The molecular formula is C30H30O8. The number of benzene rings is 4. The van der Waals surface area contributed by atoms with E-state index in [1.807, 2.05) is 12.1 Å². The molecule has 0 spiro atoms.